The predicted molar refractivity (Wildman–Crippen MR) is 141 cm³/mol. The monoisotopic (exact) mass is 458 g/mol. The lowest BCUT2D eigenvalue weighted by Crippen LogP contribution is -2.39. The van der Waals surface area contributed by atoms with Crippen molar-refractivity contribution in [1.82, 2.24) is 30.0 Å². The zero-order valence-corrected chi connectivity index (χ0v) is 21.1. The van der Waals surface area contributed by atoms with Crippen molar-refractivity contribution in [3.63, 3.8) is 0 Å². The van der Waals surface area contributed by atoms with Crippen molar-refractivity contribution in [2.24, 2.45) is 0 Å². The van der Waals surface area contributed by atoms with E-state index in [0.717, 1.165) is 24.1 Å². The topological polar surface area (TPSA) is 63.8 Å². The van der Waals surface area contributed by atoms with Gasteiger partial charge in [0.15, 0.2) is 5.65 Å². The fraction of sp³-hybridized carbons (Fsp3) is 0.500. The highest BCUT2D eigenvalue weighted by Gasteiger charge is 2.23. The molecule has 2 N–H and O–H groups in total. The first-order valence-corrected chi connectivity index (χ1v) is 13.0. The predicted octanol–water partition coefficient (Wildman–Crippen LogP) is 5.75. The summed E-state index contributed by atoms with van der Waals surface area (Å²) in [6, 6.07) is 9.21. The van der Waals surface area contributed by atoms with Crippen LogP contribution in [-0.4, -0.2) is 69.2 Å². The van der Waals surface area contributed by atoms with Gasteiger partial charge in [-0.25, -0.2) is 4.98 Å². The number of likely N-dealkylation sites (tertiary alicyclic amines) is 1. The lowest BCUT2D eigenvalue weighted by Gasteiger charge is -2.33. The van der Waals surface area contributed by atoms with Gasteiger partial charge in [0.2, 0.25) is 0 Å². The molecule has 3 aromatic heterocycles. The molecule has 6 heteroatoms. The molecule has 0 bridgehead atoms. The number of pyridine rings is 1. The van der Waals surface area contributed by atoms with Crippen molar-refractivity contribution in [3.05, 3.63) is 47.8 Å². The van der Waals surface area contributed by atoms with Gasteiger partial charge in [-0.05, 0) is 80.2 Å². The van der Waals surface area contributed by atoms with Crippen molar-refractivity contribution in [1.29, 1.82) is 0 Å². The summed E-state index contributed by atoms with van der Waals surface area (Å²) in [7, 11) is 0. The van der Waals surface area contributed by atoms with E-state index in [2.05, 4.69) is 81.9 Å². The molecule has 0 radical (unpaired) electrons. The number of rotatable bonds is 8. The normalized spacial score (nSPS) is 15.9. The Labute approximate surface area is 202 Å². The Morgan fingerprint density at radius 1 is 1.09 bits per heavy atom. The van der Waals surface area contributed by atoms with Crippen molar-refractivity contribution < 1.29 is 0 Å². The number of aromatic nitrogens is 4. The van der Waals surface area contributed by atoms with Crippen LogP contribution < -0.4 is 0 Å². The van der Waals surface area contributed by atoms with Crippen molar-refractivity contribution in [2.75, 3.05) is 39.3 Å². The summed E-state index contributed by atoms with van der Waals surface area (Å²) in [6.07, 6.45) is 6.24. The van der Waals surface area contributed by atoms with E-state index in [1.165, 1.54) is 72.3 Å². The third-order valence-electron chi connectivity index (χ3n) is 7.75. The van der Waals surface area contributed by atoms with Gasteiger partial charge in [-0.3, -0.25) is 5.10 Å². The van der Waals surface area contributed by atoms with E-state index in [-0.39, 0.29) is 0 Å². The van der Waals surface area contributed by atoms with E-state index in [1.807, 2.05) is 12.4 Å². The Kier molecular flexibility index (Phi) is 6.70. The molecular formula is C28H38N6. The molecule has 0 saturated carbocycles. The summed E-state index contributed by atoms with van der Waals surface area (Å²) in [5.74, 6) is 1.06. The smallest absolute Gasteiger partial charge is 0.155 e. The second kappa shape index (κ2) is 9.88. The number of nitrogens with zero attached hydrogens (tertiary/aromatic N) is 4. The van der Waals surface area contributed by atoms with E-state index in [0.29, 0.717) is 11.8 Å². The lowest BCUT2D eigenvalue weighted by atomic mass is 9.87. The Bertz CT molecular complexity index is 1240. The highest BCUT2D eigenvalue weighted by atomic mass is 15.2. The van der Waals surface area contributed by atoms with Crippen LogP contribution in [0.5, 0.6) is 0 Å². The summed E-state index contributed by atoms with van der Waals surface area (Å²) < 4.78 is 0. The Balaban J connectivity index is 1.40. The zero-order chi connectivity index (χ0) is 23.7. The minimum atomic E-state index is 0.413. The second-order valence-electron chi connectivity index (χ2n) is 10.0. The summed E-state index contributed by atoms with van der Waals surface area (Å²) in [5.41, 5.74) is 7.30. The van der Waals surface area contributed by atoms with Crippen LogP contribution in [0.4, 0.5) is 0 Å². The SMILES string of the molecule is CCN(CC)CCN1CCC(c2ccc3[nH]c(-c4ccnc5[nH]ncc45)c(C(C)C)c3c2)CC1. The molecule has 1 aliphatic heterocycles. The molecule has 4 aromatic rings. The molecule has 0 unspecified atom stereocenters. The van der Waals surface area contributed by atoms with E-state index in [1.54, 1.807) is 0 Å². The van der Waals surface area contributed by atoms with Crippen LogP contribution in [0.2, 0.25) is 0 Å². The highest BCUT2D eigenvalue weighted by molar-refractivity contribution is 5.98. The molecule has 4 heterocycles. The first-order valence-electron chi connectivity index (χ1n) is 13.0. The van der Waals surface area contributed by atoms with Gasteiger partial charge < -0.3 is 14.8 Å². The first kappa shape index (κ1) is 23.1. The fourth-order valence-electron chi connectivity index (χ4n) is 5.68. The zero-order valence-electron chi connectivity index (χ0n) is 21.1. The van der Waals surface area contributed by atoms with Gasteiger partial charge in [-0.2, -0.15) is 5.10 Å². The minimum absolute atomic E-state index is 0.413. The van der Waals surface area contributed by atoms with E-state index < -0.39 is 0 Å². The van der Waals surface area contributed by atoms with Gasteiger partial charge in [0.1, 0.15) is 0 Å². The number of H-pyrrole nitrogens is 2. The highest BCUT2D eigenvalue weighted by Crippen LogP contribution is 2.39. The molecule has 6 nitrogen and oxygen atoms in total. The van der Waals surface area contributed by atoms with Gasteiger partial charge in [-0.1, -0.05) is 33.8 Å². The maximum absolute atomic E-state index is 4.43. The molecular weight excluding hydrogens is 420 g/mol. The van der Waals surface area contributed by atoms with Crippen LogP contribution in [0.1, 0.15) is 63.5 Å². The lowest BCUT2D eigenvalue weighted by molar-refractivity contribution is 0.179. The van der Waals surface area contributed by atoms with Crippen molar-refractivity contribution in [3.8, 4) is 11.3 Å². The Morgan fingerprint density at radius 3 is 2.62 bits per heavy atom. The van der Waals surface area contributed by atoms with Crippen LogP contribution in [0, 0.1) is 0 Å². The molecule has 34 heavy (non-hydrogen) atoms. The summed E-state index contributed by atoms with van der Waals surface area (Å²) in [4.78, 5) is 13.3. The van der Waals surface area contributed by atoms with Crippen molar-refractivity contribution >= 4 is 21.9 Å². The van der Waals surface area contributed by atoms with Crippen LogP contribution >= 0.6 is 0 Å². The van der Waals surface area contributed by atoms with Crippen LogP contribution in [0.3, 0.4) is 0 Å². The fourth-order valence-corrected chi connectivity index (χ4v) is 5.68. The molecule has 1 fully saturated rings. The molecule has 0 amide bonds. The average molecular weight is 459 g/mol. The standard InChI is InChI=1S/C28H38N6/c1-5-33(6-2)15-16-34-13-10-20(11-14-34)21-7-8-25-23(17-21)26(19(3)4)27(31-25)22-9-12-29-28-24(22)18-30-32-28/h7-9,12,17-20,31H,5-6,10-11,13-16H2,1-4H3,(H,29,30,32). The quantitative estimate of drug-likeness (QED) is 0.353. The van der Waals surface area contributed by atoms with Gasteiger partial charge in [0.05, 0.1) is 11.9 Å². The third-order valence-corrected chi connectivity index (χ3v) is 7.75. The largest absolute Gasteiger partial charge is 0.354 e. The summed E-state index contributed by atoms with van der Waals surface area (Å²) >= 11 is 0. The molecule has 0 aliphatic carbocycles. The Hall–Kier alpha value is -2.70. The summed E-state index contributed by atoms with van der Waals surface area (Å²) in [5, 5.41) is 9.65. The molecule has 5 rings (SSSR count). The molecule has 180 valence electrons. The molecule has 1 aromatic carbocycles. The van der Waals surface area contributed by atoms with Gasteiger partial charge in [0, 0.05) is 41.1 Å². The number of nitrogens with one attached hydrogen (secondary N) is 2. The summed E-state index contributed by atoms with van der Waals surface area (Å²) in [6.45, 7) is 16.2. The van der Waals surface area contributed by atoms with E-state index >= 15 is 0 Å². The maximum Gasteiger partial charge on any atom is 0.155 e. The molecule has 0 atom stereocenters. The van der Waals surface area contributed by atoms with Gasteiger partial charge >= 0.3 is 0 Å². The maximum atomic E-state index is 4.43. The van der Waals surface area contributed by atoms with Gasteiger partial charge in [-0.15, -0.1) is 0 Å². The van der Waals surface area contributed by atoms with Crippen LogP contribution in [-0.2, 0) is 0 Å². The van der Waals surface area contributed by atoms with Crippen molar-refractivity contribution in [2.45, 2.75) is 52.4 Å². The number of hydrogen-bond acceptors (Lipinski definition) is 4. The number of fused-ring (bicyclic) bond motifs is 2. The number of benzene rings is 1. The Morgan fingerprint density at radius 2 is 1.88 bits per heavy atom. The molecule has 0 spiro atoms. The van der Waals surface area contributed by atoms with Crippen LogP contribution in [0.15, 0.2) is 36.7 Å². The number of likely N-dealkylation sites (N-methyl/N-ethyl adjacent to an activating group) is 1. The molecule has 1 aliphatic rings. The van der Waals surface area contributed by atoms with Gasteiger partial charge in [0.25, 0.3) is 0 Å². The van der Waals surface area contributed by atoms with E-state index in [4.69, 9.17) is 0 Å². The average Bonchev–Trinajstić information content (AvgIpc) is 3.49. The first-order chi connectivity index (χ1) is 16.6. The number of hydrogen-bond donors (Lipinski definition) is 2. The second-order valence-corrected chi connectivity index (χ2v) is 10.0. The van der Waals surface area contributed by atoms with Crippen LogP contribution in [0.25, 0.3) is 33.2 Å². The number of aromatic amines is 2. The van der Waals surface area contributed by atoms with E-state index in [9.17, 15) is 0 Å². The molecule has 1 saturated heterocycles. The minimum Gasteiger partial charge on any atom is -0.354 e. The number of piperidine rings is 1. The third kappa shape index (κ3) is 4.37.